The van der Waals surface area contributed by atoms with Crippen LogP contribution in [0.3, 0.4) is 0 Å². The van der Waals surface area contributed by atoms with E-state index >= 15 is 0 Å². The Bertz CT molecular complexity index is 861. The van der Waals surface area contributed by atoms with E-state index in [4.69, 9.17) is 11.5 Å². The van der Waals surface area contributed by atoms with Crippen molar-refractivity contribution in [3.8, 4) is 0 Å². The average Bonchev–Trinajstić information content (AvgIpc) is 2.82. The quantitative estimate of drug-likeness (QED) is 0.532. The fourth-order valence-corrected chi connectivity index (χ4v) is 3.77. The Labute approximate surface area is 158 Å². The highest BCUT2D eigenvalue weighted by molar-refractivity contribution is 7.91. The van der Waals surface area contributed by atoms with E-state index in [-0.39, 0.29) is 21.9 Å². The second-order valence-corrected chi connectivity index (χ2v) is 9.13. The number of halogens is 5. The Kier molecular flexibility index (Phi) is 5.84. The minimum atomic E-state index is -4.44. The molecule has 1 aromatic carbocycles. The predicted octanol–water partition coefficient (Wildman–Crippen LogP) is 2.01. The van der Waals surface area contributed by atoms with Crippen molar-refractivity contribution in [2.75, 3.05) is 36.1 Å². The summed E-state index contributed by atoms with van der Waals surface area (Å²) in [5.41, 5.74) is 9.91. The molecule has 4 N–H and O–H groups in total. The number of anilines is 2. The van der Waals surface area contributed by atoms with Crippen LogP contribution in [0, 0.1) is 5.82 Å². The van der Waals surface area contributed by atoms with Crippen molar-refractivity contribution < 1.29 is 35.2 Å². The van der Waals surface area contributed by atoms with Crippen LogP contribution < -0.4 is 11.5 Å². The van der Waals surface area contributed by atoms with E-state index in [1.165, 1.54) is 6.92 Å². The number of rotatable bonds is 6. The molecular formula is C16H20F5N3O3S. The summed E-state index contributed by atoms with van der Waals surface area (Å²) in [4.78, 5) is 12.9. The molecule has 1 aliphatic heterocycles. The summed E-state index contributed by atoms with van der Waals surface area (Å²) in [5.74, 6) is -13.7. The van der Waals surface area contributed by atoms with E-state index in [2.05, 4.69) is 0 Å². The summed E-state index contributed by atoms with van der Waals surface area (Å²) in [7, 11) is -3.60. The molecule has 6 nitrogen and oxygen atoms in total. The fraction of sp³-hybridized carbons (Fsp3) is 0.562. The van der Waals surface area contributed by atoms with E-state index in [1.807, 2.05) is 0 Å². The van der Waals surface area contributed by atoms with E-state index in [9.17, 15) is 35.2 Å². The summed E-state index contributed by atoms with van der Waals surface area (Å²) in [6, 6.07) is 2.23. The number of likely N-dealkylation sites (tertiary alicyclic amines) is 1. The van der Waals surface area contributed by atoms with Crippen LogP contribution in [0.1, 0.15) is 24.8 Å². The number of nitrogens with zero attached hydrogens (tertiary/aromatic N) is 1. The lowest BCUT2D eigenvalue weighted by Gasteiger charge is -2.24. The van der Waals surface area contributed by atoms with Gasteiger partial charge in [0, 0.05) is 11.3 Å². The smallest absolute Gasteiger partial charge is 0.329 e. The van der Waals surface area contributed by atoms with E-state index in [0.29, 0.717) is 0 Å². The van der Waals surface area contributed by atoms with Gasteiger partial charge in [-0.3, -0.25) is 4.79 Å². The molecular weight excluding hydrogens is 409 g/mol. The van der Waals surface area contributed by atoms with Crippen LogP contribution in [-0.4, -0.2) is 55.7 Å². The van der Waals surface area contributed by atoms with Crippen LogP contribution in [0.2, 0.25) is 0 Å². The fourth-order valence-electron chi connectivity index (χ4n) is 2.89. The van der Waals surface area contributed by atoms with Crippen LogP contribution in [0.4, 0.5) is 33.3 Å². The molecule has 0 bridgehead atoms. The van der Waals surface area contributed by atoms with Crippen LogP contribution in [0.5, 0.6) is 0 Å². The van der Waals surface area contributed by atoms with Gasteiger partial charge in [0.2, 0.25) is 5.91 Å². The van der Waals surface area contributed by atoms with Gasteiger partial charge in [0.1, 0.15) is 9.84 Å². The molecule has 12 heteroatoms. The molecule has 0 radical (unpaired) electrons. The Morgan fingerprint density at radius 3 is 2.21 bits per heavy atom. The molecule has 1 saturated heterocycles. The average molecular weight is 429 g/mol. The van der Waals surface area contributed by atoms with Gasteiger partial charge in [0.15, 0.2) is 5.82 Å². The van der Waals surface area contributed by atoms with Crippen molar-refractivity contribution in [2.24, 2.45) is 0 Å². The highest BCUT2D eigenvalue weighted by Gasteiger charge is 2.64. The maximum absolute atomic E-state index is 14.5. The Balaban J connectivity index is 2.42. The second-order valence-electron chi connectivity index (χ2n) is 6.65. The number of carbonyl (C=O) groups excluding carboxylic acids is 1. The monoisotopic (exact) mass is 429 g/mol. The number of nitrogens with two attached hydrogens (primary N) is 2. The Morgan fingerprint density at radius 1 is 1.18 bits per heavy atom. The lowest BCUT2D eigenvalue weighted by Crippen LogP contribution is -2.38. The zero-order chi connectivity index (χ0) is 21.5. The first-order chi connectivity index (χ1) is 12.7. The number of alkyl halides is 4. The van der Waals surface area contributed by atoms with Crippen molar-refractivity contribution in [3.05, 3.63) is 23.5 Å². The third-order valence-corrected chi connectivity index (χ3v) is 6.44. The molecule has 0 spiro atoms. The molecule has 28 heavy (non-hydrogen) atoms. The first-order valence-electron chi connectivity index (χ1n) is 8.30. The molecule has 1 aromatic rings. The minimum absolute atomic E-state index is 0.145. The molecule has 2 rings (SSSR count). The van der Waals surface area contributed by atoms with Crippen molar-refractivity contribution in [1.82, 2.24) is 4.90 Å². The number of carbonyl (C=O) groups is 1. The topological polar surface area (TPSA) is 106 Å². The van der Waals surface area contributed by atoms with Gasteiger partial charge in [-0.25, -0.2) is 12.8 Å². The van der Waals surface area contributed by atoms with Gasteiger partial charge >= 0.3 is 11.8 Å². The standard InChI is InChI=1S/C16H20F5N3O3S/c1-2-28(26,27)6-5-10(9-3-4-11(22)13(23)12(9)17)14(25)24-7-15(18,19)16(20,21)8-24/h3-4,10H,2,5-8,22-23H2,1H3. The normalized spacial score (nSPS) is 19.6. The molecule has 1 unspecified atom stereocenters. The number of hydrogen-bond acceptors (Lipinski definition) is 5. The number of benzene rings is 1. The summed E-state index contributed by atoms with van der Waals surface area (Å²) >= 11 is 0. The molecule has 1 fully saturated rings. The Hall–Kier alpha value is -2.11. The molecule has 1 amide bonds. The molecule has 1 atom stereocenters. The maximum Gasteiger partial charge on any atom is 0.329 e. The van der Waals surface area contributed by atoms with Gasteiger partial charge in [0.25, 0.3) is 0 Å². The number of sulfone groups is 1. The van der Waals surface area contributed by atoms with Gasteiger partial charge in [-0.2, -0.15) is 17.6 Å². The van der Waals surface area contributed by atoms with Gasteiger partial charge < -0.3 is 16.4 Å². The van der Waals surface area contributed by atoms with Crippen LogP contribution in [0.25, 0.3) is 0 Å². The molecule has 158 valence electrons. The highest BCUT2D eigenvalue weighted by atomic mass is 32.2. The number of nitrogen functional groups attached to an aromatic ring is 2. The van der Waals surface area contributed by atoms with Crippen LogP contribution >= 0.6 is 0 Å². The lowest BCUT2D eigenvalue weighted by atomic mass is 9.93. The lowest BCUT2D eigenvalue weighted by molar-refractivity contribution is -0.172. The van der Waals surface area contributed by atoms with Crippen molar-refractivity contribution in [3.63, 3.8) is 0 Å². The number of hydrogen-bond donors (Lipinski definition) is 2. The number of amides is 1. The SMILES string of the molecule is CCS(=O)(=O)CCC(C(=O)N1CC(F)(F)C(F)(F)C1)c1ccc(N)c(N)c1F. The van der Waals surface area contributed by atoms with Crippen molar-refractivity contribution in [1.29, 1.82) is 0 Å². The summed E-state index contributed by atoms with van der Waals surface area (Å²) in [5, 5.41) is 0. The molecule has 0 aliphatic carbocycles. The van der Waals surface area contributed by atoms with Crippen molar-refractivity contribution in [2.45, 2.75) is 31.1 Å². The van der Waals surface area contributed by atoms with Gasteiger partial charge in [-0.15, -0.1) is 0 Å². The van der Waals surface area contributed by atoms with Gasteiger partial charge in [-0.05, 0) is 12.5 Å². The first kappa shape index (κ1) is 22.2. The summed E-state index contributed by atoms with van der Waals surface area (Å²) in [6.45, 7) is -1.75. The third-order valence-electron chi connectivity index (χ3n) is 4.70. The Morgan fingerprint density at radius 2 is 1.71 bits per heavy atom. The first-order valence-corrected chi connectivity index (χ1v) is 10.1. The zero-order valence-electron chi connectivity index (χ0n) is 14.9. The van der Waals surface area contributed by atoms with Crippen LogP contribution in [0.15, 0.2) is 12.1 Å². The second kappa shape index (κ2) is 7.37. The van der Waals surface area contributed by atoms with Crippen molar-refractivity contribution >= 4 is 27.1 Å². The van der Waals surface area contributed by atoms with E-state index in [0.717, 1.165) is 12.1 Å². The molecule has 1 heterocycles. The van der Waals surface area contributed by atoms with Crippen LogP contribution in [-0.2, 0) is 14.6 Å². The zero-order valence-corrected chi connectivity index (χ0v) is 15.7. The molecule has 1 aliphatic rings. The summed E-state index contributed by atoms with van der Waals surface area (Å²) < 4.78 is 92.0. The summed E-state index contributed by atoms with van der Waals surface area (Å²) in [6.07, 6.45) is -0.483. The minimum Gasteiger partial charge on any atom is -0.397 e. The predicted molar refractivity (Wildman–Crippen MR) is 93.4 cm³/mol. The molecule has 0 saturated carbocycles. The van der Waals surface area contributed by atoms with E-state index < -0.39 is 70.3 Å². The molecule has 0 aromatic heterocycles. The maximum atomic E-state index is 14.5. The largest absolute Gasteiger partial charge is 0.397 e. The third kappa shape index (κ3) is 4.15. The van der Waals surface area contributed by atoms with Gasteiger partial charge in [0.05, 0.1) is 36.1 Å². The highest BCUT2D eigenvalue weighted by Crippen LogP contribution is 2.42. The van der Waals surface area contributed by atoms with Gasteiger partial charge in [-0.1, -0.05) is 13.0 Å². The van der Waals surface area contributed by atoms with E-state index in [1.54, 1.807) is 0 Å².